The van der Waals surface area contributed by atoms with Crippen molar-refractivity contribution in [1.29, 1.82) is 0 Å². The maximum absolute atomic E-state index is 12.4. The molecule has 2 rings (SSSR count). The zero-order valence-corrected chi connectivity index (χ0v) is 15.9. The molecule has 0 saturated heterocycles. The quantitative estimate of drug-likeness (QED) is 0.368. The molecule has 0 amide bonds. The Kier molecular flexibility index (Phi) is 7.40. The number of Topliss-reactive ketones (excluding diaryl/α,β-unsaturated/α-hetero) is 1. The van der Waals surface area contributed by atoms with Gasteiger partial charge in [0.25, 0.3) is 0 Å². The molecule has 25 heavy (non-hydrogen) atoms. The summed E-state index contributed by atoms with van der Waals surface area (Å²) in [4.78, 5) is 24.2. The van der Waals surface area contributed by atoms with Crippen LogP contribution in [-0.4, -0.2) is 36.6 Å². The van der Waals surface area contributed by atoms with E-state index in [4.69, 9.17) is 9.47 Å². The van der Waals surface area contributed by atoms with Crippen LogP contribution in [0.25, 0.3) is 0 Å². The second kappa shape index (κ2) is 9.53. The third kappa shape index (κ3) is 5.54. The fourth-order valence-corrected chi connectivity index (χ4v) is 3.47. The second-order valence-electron chi connectivity index (χ2n) is 6.00. The Bertz CT molecular complexity index is 703. The molecular formula is C19H25NO4S. The SMILES string of the molecule is COCCCn1c(C)cc(C(=O)COC(=O)CCc2ccsc2)c1C. The summed E-state index contributed by atoms with van der Waals surface area (Å²) in [6, 6.07) is 3.85. The summed E-state index contributed by atoms with van der Waals surface area (Å²) < 4.78 is 12.3. The molecule has 0 aromatic carbocycles. The average molecular weight is 363 g/mol. The number of nitrogens with zero attached hydrogens (tertiary/aromatic N) is 1. The molecule has 0 saturated carbocycles. The summed E-state index contributed by atoms with van der Waals surface area (Å²) in [7, 11) is 1.68. The topological polar surface area (TPSA) is 57.5 Å². The lowest BCUT2D eigenvalue weighted by molar-refractivity contribution is -0.142. The first kappa shape index (κ1) is 19.4. The van der Waals surface area contributed by atoms with E-state index in [-0.39, 0.29) is 18.4 Å². The van der Waals surface area contributed by atoms with Crippen molar-refractivity contribution in [2.24, 2.45) is 0 Å². The highest BCUT2D eigenvalue weighted by molar-refractivity contribution is 7.07. The van der Waals surface area contributed by atoms with Crippen molar-refractivity contribution in [3.8, 4) is 0 Å². The number of carbonyl (C=O) groups excluding carboxylic acids is 2. The second-order valence-corrected chi connectivity index (χ2v) is 6.78. The van der Waals surface area contributed by atoms with Crippen LogP contribution in [-0.2, 0) is 27.2 Å². The lowest BCUT2D eigenvalue weighted by Crippen LogP contribution is -2.15. The number of rotatable bonds is 10. The van der Waals surface area contributed by atoms with Crippen LogP contribution in [0.2, 0.25) is 0 Å². The minimum Gasteiger partial charge on any atom is -0.457 e. The number of aryl methyl sites for hydroxylation is 2. The minimum atomic E-state index is -0.339. The van der Waals surface area contributed by atoms with E-state index < -0.39 is 0 Å². The fourth-order valence-electron chi connectivity index (χ4n) is 2.77. The van der Waals surface area contributed by atoms with E-state index in [2.05, 4.69) is 4.57 Å². The van der Waals surface area contributed by atoms with Crippen molar-refractivity contribution < 1.29 is 19.1 Å². The molecule has 0 fully saturated rings. The third-order valence-electron chi connectivity index (χ3n) is 4.17. The molecule has 5 nitrogen and oxygen atoms in total. The van der Waals surface area contributed by atoms with E-state index in [0.717, 1.165) is 29.9 Å². The van der Waals surface area contributed by atoms with Crippen molar-refractivity contribution in [2.45, 2.75) is 39.7 Å². The smallest absolute Gasteiger partial charge is 0.306 e. The van der Waals surface area contributed by atoms with E-state index in [1.54, 1.807) is 18.4 Å². The predicted octanol–water partition coefficient (Wildman–Crippen LogP) is 3.56. The molecule has 136 valence electrons. The Morgan fingerprint density at radius 3 is 2.76 bits per heavy atom. The number of ketones is 1. The Morgan fingerprint density at radius 1 is 1.28 bits per heavy atom. The molecule has 0 N–H and O–H groups in total. The van der Waals surface area contributed by atoms with Crippen LogP contribution >= 0.6 is 11.3 Å². The summed E-state index contributed by atoms with van der Waals surface area (Å²) in [5.74, 6) is -0.497. The van der Waals surface area contributed by atoms with E-state index >= 15 is 0 Å². The Hall–Kier alpha value is -1.92. The van der Waals surface area contributed by atoms with Gasteiger partial charge in [0.1, 0.15) is 0 Å². The first-order valence-corrected chi connectivity index (χ1v) is 9.32. The zero-order chi connectivity index (χ0) is 18.2. The highest BCUT2D eigenvalue weighted by Crippen LogP contribution is 2.17. The number of esters is 1. The number of ether oxygens (including phenoxy) is 2. The van der Waals surface area contributed by atoms with Gasteiger partial charge in [0.2, 0.25) is 5.78 Å². The van der Waals surface area contributed by atoms with Crippen LogP contribution in [0.15, 0.2) is 22.9 Å². The van der Waals surface area contributed by atoms with Crippen molar-refractivity contribution in [3.05, 3.63) is 45.4 Å². The van der Waals surface area contributed by atoms with Crippen LogP contribution in [0, 0.1) is 13.8 Å². The highest BCUT2D eigenvalue weighted by atomic mass is 32.1. The monoisotopic (exact) mass is 363 g/mol. The third-order valence-corrected chi connectivity index (χ3v) is 4.90. The van der Waals surface area contributed by atoms with Gasteiger partial charge in [-0.1, -0.05) is 0 Å². The van der Waals surface area contributed by atoms with Gasteiger partial charge >= 0.3 is 5.97 Å². The van der Waals surface area contributed by atoms with E-state index in [1.165, 1.54) is 0 Å². The summed E-state index contributed by atoms with van der Waals surface area (Å²) in [5, 5.41) is 3.99. The maximum Gasteiger partial charge on any atom is 0.306 e. The lowest BCUT2D eigenvalue weighted by Gasteiger charge is -2.09. The van der Waals surface area contributed by atoms with Crippen LogP contribution in [0.3, 0.4) is 0 Å². The van der Waals surface area contributed by atoms with Crippen LogP contribution in [0.5, 0.6) is 0 Å². The van der Waals surface area contributed by atoms with Crippen molar-refractivity contribution in [1.82, 2.24) is 4.57 Å². The zero-order valence-electron chi connectivity index (χ0n) is 15.0. The van der Waals surface area contributed by atoms with Gasteiger partial charge in [-0.25, -0.2) is 0 Å². The van der Waals surface area contributed by atoms with E-state index in [1.807, 2.05) is 36.7 Å². The Labute approximate surface area is 152 Å². The molecular weight excluding hydrogens is 338 g/mol. The molecule has 0 aliphatic heterocycles. The maximum atomic E-state index is 12.4. The number of carbonyl (C=O) groups is 2. The molecule has 0 spiro atoms. The number of thiophene rings is 1. The van der Waals surface area contributed by atoms with Crippen molar-refractivity contribution in [3.63, 3.8) is 0 Å². The Morgan fingerprint density at radius 2 is 2.08 bits per heavy atom. The highest BCUT2D eigenvalue weighted by Gasteiger charge is 2.17. The molecule has 2 heterocycles. The van der Waals surface area contributed by atoms with Crippen LogP contribution < -0.4 is 0 Å². The molecule has 0 aliphatic carbocycles. The number of hydrogen-bond acceptors (Lipinski definition) is 5. The van der Waals surface area contributed by atoms with Gasteiger partial charge in [-0.15, -0.1) is 0 Å². The number of hydrogen-bond donors (Lipinski definition) is 0. The number of aromatic nitrogens is 1. The van der Waals surface area contributed by atoms with E-state index in [0.29, 0.717) is 25.0 Å². The van der Waals surface area contributed by atoms with Gasteiger partial charge < -0.3 is 14.0 Å². The van der Waals surface area contributed by atoms with Crippen molar-refractivity contribution >= 4 is 23.1 Å². The lowest BCUT2D eigenvalue weighted by atomic mass is 10.1. The predicted molar refractivity (Wildman–Crippen MR) is 98.3 cm³/mol. The fraction of sp³-hybridized carbons (Fsp3) is 0.474. The van der Waals surface area contributed by atoms with Gasteiger partial charge in [0, 0.05) is 43.6 Å². The summed E-state index contributed by atoms with van der Waals surface area (Å²) >= 11 is 1.60. The van der Waals surface area contributed by atoms with Gasteiger partial charge in [0.15, 0.2) is 6.61 Å². The largest absolute Gasteiger partial charge is 0.457 e. The summed E-state index contributed by atoms with van der Waals surface area (Å²) in [6.07, 6.45) is 1.82. The van der Waals surface area contributed by atoms with Crippen LogP contribution in [0.1, 0.15) is 40.2 Å². The van der Waals surface area contributed by atoms with Gasteiger partial charge in [-0.05, 0) is 55.1 Å². The molecule has 0 aliphatic rings. The van der Waals surface area contributed by atoms with Gasteiger partial charge in [0.05, 0.1) is 0 Å². The standard InChI is InChI=1S/C19H25NO4S/c1-14-11-17(15(2)20(14)8-4-9-23-3)18(21)12-24-19(22)6-5-16-7-10-25-13-16/h7,10-11,13H,4-6,8-9,12H2,1-3H3. The first-order valence-electron chi connectivity index (χ1n) is 8.38. The normalized spacial score (nSPS) is 10.8. The first-order chi connectivity index (χ1) is 12.0. The van der Waals surface area contributed by atoms with Gasteiger partial charge in [-0.2, -0.15) is 11.3 Å². The molecule has 0 bridgehead atoms. The molecule has 0 radical (unpaired) electrons. The van der Waals surface area contributed by atoms with Gasteiger partial charge in [-0.3, -0.25) is 9.59 Å². The average Bonchev–Trinajstić information content (AvgIpc) is 3.21. The minimum absolute atomic E-state index is 0.157. The molecule has 0 atom stereocenters. The van der Waals surface area contributed by atoms with E-state index in [9.17, 15) is 9.59 Å². The molecule has 0 unspecified atom stereocenters. The molecule has 2 aromatic heterocycles. The van der Waals surface area contributed by atoms with Crippen molar-refractivity contribution in [2.75, 3.05) is 20.3 Å². The molecule has 2 aromatic rings. The molecule has 6 heteroatoms. The number of methoxy groups -OCH3 is 1. The summed E-state index contributed by atoms with van der Waals surface area (Å²) in [5.41, 5.74) is 3.68. The Balaban J connectivity index is 1.85. The summed E-state index contributed by atoms with van der Waals surface area (Å²) in [6.45, 7) is 5.18. The van der Waals surface area contributed by atoms with Crippen LogP contribution in [0.4, 0.5) is 0 Å².